The van der Waals surface area contributed by atoms with Crippen LogP contribution in [0.3, 0.4) is 0 Å². The lowest BCUT2D eigenvalue weighted by Gasteiger charge is -2.40. The molecule has 1 aromatic heterocycles. The lowest BCUT2D eigenvalue weighted by Crippen LogP contribution is -2.60. The van der Waals surface area contributed by atoms with E-state index in [-0.39, 0.29) is 22.5 Å². The molecule has 4 heterocycles. The van der Waals surface area contributed by atoms with Gasteiger partial charge >= 0.3 is 35.2 Å². The molecule has 3 aliphatic heterocycles. The SMILES string of the molecule is O=C(O)CC(=O)OCC1OC(Oc2cc3c(O)cc(O)cc3[o+]c2-c2cc(OC3OC(COC(=O)C=Cc4ccc(O)cc4)C(O)C(O)C3O)c(O)c(OC3OC(COC(=O)C=Cc4ccc(O)cc4)C(O)C(O)C3O)c2)C(O)C(O)C1O. The first-order valence-electron chi connectivity index (χ1n) is 24.9. The van der Waals surface area contributed by atoms with Gasteiger partial charge in [0.25, 0.3) is 0 Å². The van der Waals surface area contributed by atoms with E-state index in [1.54, 1.807) is 0 Å². The molecule has 3 aliphatic rings. The summed E-state index contributed by atoms with van der Waals surface area (Å²) >= 11 is 0. The number of aromatic hydroxyl groups is 5. The molecule has 29 heteroatoms. The quantitative estimate of drug-likeness (QED) is 0.0155. The number of phenolic OH excluding ortho intramolecular Hbond substituents is 5. The van der Waals surface area contributed by atoms with Crippen molar-refractivity contribution in [2.75, 3.05) is 19.8 Å². The zero-order valence-electron chi connectivity index (χ0n) is 42.7. The molecule has 0 aliphatic carbocycles. The number of carboxylic acid groups (broad SMARTS) is 1. The zero-order valence-corrected chi connectivity index (χ0v) is 42.7. The van der Waals surface area contributed by atoms with Crippen LogP contribution in [-0.2, 0) is 47.6 Å². The second-order valence-corrected chi connectivity index (χ2v) is 18.9. The van der Waals surface area contributed by atoms with Gasteiger partial charge < -0.3 is 119 Å². The number of phenols is 5. The van der Waals surface area contributed by atoms with Gasteiger partial charge in [-0.2, -0.15) is 0 Å². The van der Waals surface area contributed by atoms with Crippen LogP contribution >= 0.6 is 0 Å². The number of aliphatic hydroxyl groups is 9. The Hall–Kier alpha value is -8.43. The highest BCUT2D eigenvalue weighted by Crippen LogP contribution is 2.47. The molecule has 3 saturated heterocycles. The number of hydrogen-bond acceptors (Lipinski definition) is 27. The summed E-state index contributed by atoms with van der Waals surface area (Å²) in [4.78, 5) is 48.6. The van der Waals surface area contributed by atoms with E-state index < -0.39 is 188 Å². The minimum atomic E-state index is -2.18. The predicted molar refractivity (Wildman–Crippen MR) is 272 cm³/mol. The van der Waals surface area contributed by atoms with Crippen LogP contribution in [0.4, 0.5) is 0 Å². The number of ether oxygens (including phenoxy) is 9. The second-order valence-electron chi connectivity index (χ2n) is 18.9. The van der Waals surface area contributed by atoms with E-state index in [0.717, 1.165) is 42.5 Å². The molecule has 15 atom stereocenters. The topological polar surface area (TPSA) is 466 Å². The predicted octanol–water partition coefficient (Wildman–Crippen LogP) is -1.00. The summed E-state index contributed by atoms with van der Waals surface area (Å²) in [5, 5.41) is 160. The van der Waals surface area contributed by atoms with Crippen LogP contribution in [0.2, 0.25) is 0 Å². The molecule has 15 N–H and O–H groups in total. The third-order valence-electron chi connectivity index (χ3n) is 12.9. The molecule has 0 spiro atoms. The van der Waals surface area contributed by atoms with Crippen LogP contribution in [0, 0.1) is 0 Å². The first-order chi connectivity index (χ1) is 39.4. The molecule has 83 heavy (non-hydrogen) atoms. The number of aliphatic carboxylic acids is 1. The number of hydrogen-bond donors (Lipinski definition) is 15. The van der Waals surface area contributed by atoms with E-state index in [9.17, 15) is 90.7 Å². The van der Waals surface area contributed by atoms with Gasteiger partial charge in [0, 0.05) is 36.4 Å². The van der Waals surface area contributed by atoms with Gasteiger partial charge in [-0.25, -0.2) is 14.0 Å². The van der Waals surface area contributed by atoms with Gasteiger partial charge in [0.2, 0.25) is 30.4 Å². The molecule has 0 amide bonds. The molecular formula is C54H55O29+. The van der Waals surface area contributed by atoms with E-state index in [1.165, 1.54) is 60.7 Å². The van der Waals surface area contributed by atoms with Gasteiger partial charge in [0.1, 0.15) is 128 Å². The number of benzene rings is 4. The van der Waals surface area contributed by atoms with E-state index in [4.69, 9.17) is 52.2 Å². The maximum Gasteiger partial charge on any atom is 0.402 e. The number of carbonyl (C=O) groups excluding carboxylic acids is 3. The summed E-state index contributed by atoms with van der Waals surface area (Å²) in [6.07, 6.45) is -26.6. The van der Waals surface area contributed by atoms with Crippen LogP contribution < -0.4 is 14.2 Å². The summed E-state index contributed by atoms with van der Waals surface area (Å²) in [5.41, 5.74) is 0.237. The molecule has 5 aromatic rings. The Balaban J connectivity index is 1.15. The molecule has 15 unspecified atom stereocenters. The maximum atomic E-state index is 12.7. The third-order valence-corrected chi connectivity index (χ3v) is 12.9. The molecule has 3 fully saturated rings. The molecule has 0 saturated carbocycles. The molecule has 444 valence electrons. The second kappa shape index (κ2) is 26.2. The highest BCUT2D eigenvalue weighted by atomic mass is 16.7. The van der Waals surface area contributed by atoms with Gasteiger partial charge in [0.05, 0.1) is 11.6 Å². The molecule has 29 nitrogen and oxygen atoms in total. The van der Waals surface area contributed by atoms with Gasteiger partial charge in [0.15, 0.2) is 11.5 Å². The first-order valence-corrected chi connectivity index (χ1v) is 24.9. The first kappa shape index (κ1) is 60.7. The van der Waals surface area contributed by atoms with Gasteiger partial charge in [-0.15, -0.1) is 0 Å². The smallest absolute Gasteiger partial charge is 0.402 e. The standard InChI is InChI=1S/C54H54O29/c55-25-7-1-22(2-8-25)5-11-38(61)74-19-34-42(65)45(68)48(71)52(81-34)78-31-13-24(14-32(41(31)64)79-53-49(72)46(69)43(66)35(82-53)20-75-39(62)12-6-23-3-9-26(56)10-4-23)51-33(17-28-29(58)15-27(57)16-30(28)77-51)80-54-50(73)47(70)44(67)36(83-54)21-76-40(63)18-37(59)60/h1-17,34-36,42-50,52-54,65-73H,18-21H2,(H5-,55,56,57,58,59,60,61,62,64)/p+1. The average Bonchev–Trinajstić information content (AvgIpc) is 3.61. The number of aliphatic hydroxyl groups excluding tert-OH is 9. The molecule has 0 radical (unpaired) electrons. The summed E-state index contributed by atoms with van der Waals surface area (Å²) in [5.74, 6) is -9.92. The van der Waals surface area contributed by atoms with Crippen LogP contribution in [-0.4, -0.2) is 212 Å². The van der Waals surface area contributed by atoms with Gasteiger partial charge in [-0.05, 0) is 47.5 Å². The Morgan fingerprint density at radius 2 is 0.892 bits per heavy atom. The maximum absolute atomic E-state index is 12.7. The van der Waals surface area contributed by atoms with Gasteiger partial charge in [-0.3, -0.25) is 9.59 Å². The van der Waals surface area contributed by atoms with Crippen LogP contribution in [0.15, 0.2) is 95.4 Å². The fourth-order valence-corrected chi connectivity index (χ4v) is 8.47. The van der Waals surface area contributed by atoms with Crippen LogP contribution in [0.1, 0.15) is 17.5 Å². The van der Waals surface area contributed by atoms with Crippen molar-refractivity contribution in [3.05, 3.63) is 102 Å². The average molecular weight is 1170 g/mol. The molecule has 0 bridgehead atoms. The summed E-state index contributed by atoms with van der Waals surface area (Å²) in [6, 6.07) is 16.2. The lowest BCUT2D eigenvalue weighted by molar-refractivity contribution is -0.279. The van der Waals surface area contributed by atoms with E-state index in [1.807, 2.05) is 0 Å². The van der Waals surface area contributed by atoms with Crippen molar-refractivity contribution in [2.24, 2.45) is 0 Å². The van der Waals surface area contributed by atoms with Crippen molar-refractivity contribution in [3.8, 4) is 57.3 Å². The fraction of sp³-hybridized carbons (Fsp3) is 0.352. The molecular weight excluding hydrogens is 1110 g/mol. The number of carboxylic acids is 1. The summed E-state index contributed by atoms with van der Waals surface area (Å²) in [7, 11) is 0. The molecule has 8 rings (SSSR count). The van der Waals surface area contributed by atoms with E-state index >= 15 is 0 Å². The third kappa shape index (κ3) is 14.6. The Morgan fingerprint density at radius 1 is 0.482 bits per heavy atom. The minimum Gasteiger partial charge on any atom is -0.508 e. The number of rotatable bonds is 19. The van der Waals surface area contributed by atoms with Crippen molar-refractivity contribution < 1.29 is 143 Å². The Kier molecular flexibility index (Phi) is 19.2. The number of esters is 3. The normalized spacial score (nSPS) is 28.1. The largest absolute Gasteiger partial charge is 0.508 e. The monoisotopic (exact) mass is 1170 g/mol. The van der Waals surface area contributed by atoms with Crippen LogP contribution in [0.25, 0.3) is 34.4 Å². The Bertz CT molecular complexity index is 3060. The summed E-state index contributed by atoms with van der Waals surface area (Å²) < 4.78 is 56.6. The Morgan fingerprint density at radius 3 is 1.31 bits per heavy atom. The fourth-order valence-electron chi connectivity index (χ4n) is 8.47. The zero-order chi connectivity index (χ0) is 60.0. The Labute approximate surface area is 466 Å². The van der Waals surface area contributed by atoms with E-state index in [2.05, 4.69) is 0 Å². The highest BCUT2D eigenvalue weighted by molar-refractivity contribution is 5.91. The van der Waals surface area contributed by atoms with Crippen molar-refractivity contribution in [1.82, 2.24) is 0 Å². The van der Waals surface area contributed by atoms with Crippen molar-refractivity contribution in [3.63, 3.8) is 0 Å². The number of fused-ring (bicyclic) bond motifs is 1. The highest BCUT2D eigenvalue weighted by Gasteiger charge is 2.49. The van der Waals surface area contributed by atoms with Crippen molar-refractivity contribution in [1.29, 1.82) is 0 Å². The summed E-state index contributed by atoms with van der Waals surface area (Å²) in [6.45, 7) is -2.47. The molecule has 4 aromatic carbocycles. The number of carbonyl (C=O) groups is 4. The van der Waals surface area contributed by atoms with Crippen LogP contribution in [0.5, 0.6) is 46.0 Å². The van der Waals surface area contributed by atoms with E-state index in [0.29, 0.717) is 11.1 Å². The lowest BCUT2D eigenvalue weighted by atomic mass is 9.99. The van der Waals surface area contributed by atoms with Crippen molar-refractivity contribution in [2.45, 2.75) is 98.5 Å². The minimum absolute atomic E-state index is 0.0368. The van der Waals surface area contributed by atoms with Crippen molar-refractivity contribution >= 4 is 47.0 Å². The van der Waals surface area contributed by atoms with Gasteiger partial charge in [-0.1, -0.05) is 24.3 Å².